The quantitative estimate of drug-likeness (QED) is 0.231. The third-order valence-corrected chi connectivity index (χ3v) is 7.11. The summed E-state index contributed by atoms with van der Waals surface area (Å²) in [7, 11) is 0. The van der Waals surface area contributed by atoms with E-state index in [1.54, 1.807) is 0 Å². The molecule has 0 aliphatic carbocycles. The highest BCUT2D eigenvalue weighted by Crippen LogP contribution is 2.35. The summed E-state index contributed by atoms with van der Waals surface area (Å²) in [5.74, 6) is 1.97. The Kier molecular flexibility index (Phi) is 6.15. The lowest BCUT2D eigenvalue weighted by atomic mass is 9.94. The van der Waals surface area contributed by atoms with E-state index in [0.29, 0.717) is 17.5 Å². The van der Waals surface area contributed by atoms with Crippen molar-refractivity contribution in [1.29, 1.82) is 0 Å². The number of rotatable bonds is 5. The Bertz CT molecular complexity index is 1870. The summed E-state index contributed by atoms with van der Waals surface area (Å²) >= 11 is 0. The predicted octanol–water partition coefficient (Wildman–Crippen LogP) is 9.36. The van der Waals surface area contributed by atoms with Gasteiger partial charge in [0.25, 0.3) is 0 Å². The molecular formula is C37H25N3. The van der Waals surface area contributed by atoms with E-state index in [2.05, 4.69) is 84.9 Å². The molecule has 188 valence electrons. The zero-order chi connectivity index (χ0) is 26.7. The highest BCUT2D eigenvalue weighted by molar-refractivity contribution is 5.99. The van der Waals surface area contributed by atoms with Crippen molar-refractivity contribution in [2.45, 2.75) is 0 Å². The van der Waals surface area contributed by atoms with Crippen molar-refractivity contribution in [3.8, 4) is 56.4 Å². The third kappa shape index (κ3) is 4.65. The summed E-state index contributed by atoms with van der Waals surface area (Å²) in [6.07, 6.45) is 0. The number of fused-ring (bicyclic) bond motifs is 1. The molecule has 0 N–H and O–H groups in total. The summed E-state index contributed by atoms with van der Waals surface area (Å²) in [4.78, 5) is 14.9. The fourth-order valence-electron chi connectivity index (χ4n) is 5.10. The molecule has 0 spiro atoms. The fourth-order valence-corrected chi connectivity index (χ4v) is 5.10. The minimum atomic E-state index is 0.657. The van der Waals surface area contributed by atoms with Crippen LogP contribution in [0, 0.1) is 0 Å². The monoisotopic (exact) mass is 511 g/mol. The minimum absolute atomic E-state index is 0.657. The fraction of sp³-hybridized carbons (Fsp3) is 0. The van der Waals surface area contributed by atoms with Gasteiger partial charge in [-0.3, -0.25) is 0 Å². The minimum Gasteiger partial charge on any atom is -0.208 e. The van der Waals surface area contributed by atoms with E-state index < -0.39 is 0 Å². The number of nitrogens with zero attached hydrogens (tertiary/aromatic N) is 3. The van der Waals surface area contributed by atoms with Crippen molar-refractivity contribution < 1.29 is 0 Å². The zero-order valence-corrected chi connectivity index (χ0v) is 21.8. The van der Waals surface area contributed by atoms with Gasteiger partial charge in [-0.15, -0.1) is 0 Å². The first-order valence-electron chi connectivity index (χ1n) is 13.4. The molecule has 7 rings (SSSR count). The lowest BCUT2D eigenvalue weighted by Gasteiger charge is -2.13. The van der Waals surface area contributed by atoms with Gasteiger partial charge in [0.05, 0.1) is 0 Å². The lowest BCUT2D eigenvalue weighted by Crippen LogP contribution is -2.00. The maximum absolute atomic E-state index is 5.03. The van der Waals surface area contributed by atoms with Crippen molar-refractivity contribution in [2.75, 3.05) is 0 Å². The van der Waals surface area contributed by atoms with E-state index in [-0.39, 0.29) is 0 Å². The molecule has 0 aliphatic heterocycles. The highest BCUT2D eigenvalue weighted by atomic mass is 15.0. The second-order valence-corrected chi connectivity index (χ2v) is 9.73. The van der Waals surface area contributed by atoms with Gasteiger partial charge in [0, 0.05) is 16.7 Å². The topological polar surface area (TPSA) is 38.7 Å². The molecule has 0 amide bonds. The molecule has 0 atom stereocenters. The van der Waals surface area contributed by atoms with Crippen molar-refractivity contribution in [2.24, 2.45) is 0 Å². The number of benzene rings is 6. The Labute approximate surface area is 233 Å². The molecule has 0 aliphatic rings. The first-order chi connectivity index (χ1) is 19.8. The molecule has 0 fully saturated rings. The summed E-state index contributed by atoms with van der Waals surface area (Å²) in [5, 5.41) is 2.25. The molecule has 0 saturated heterocycles. The average Bonchev–Trinajstić information content (AvgIpc) is 3.05. The molecule has 40 heavy (non-hydrogen) atoms. The normalized spacial score (nSPS) is 11.0. The SMILES string of the molecule is c1ccc(-c2cccc(-c3cc(-c4nc(-c5ccccc5)nc(-c5ccccc5)n4)c4ccccc4c3)c2)cc1. The van der Waals surface area contributed by atoms with Crippen LogP contribution in [0.2, 0.25) is 0 Å². The van der Waals surface area contributed by atoms with Gasteiger partial charge in [0.1, 0.15) is 0 Å². The molecule has 0 bridgehead atoms. The molecule has 1 aromatic heterocycles. The largest absolute Gasteiger partial charge is 0.208 e. The molecule has 7 aromatic rings. The molecule has 3 heteroatoms. The van der Waals surface area contributed by atoms with Gasteiger partial charge >= 0.3 is 0 Å². The Hall–Kier alpha value is -5.41. The molecule has 0 saturated carbocycles. The summed E-state index contributed by atoms with van der Waals surface area (Å²) < 4.78 is 0. The van der Waals surface area contributed by atoms with Crippen LogP contribution in [-0.4, -0.2) is 15.0 Å². The van der Waals surface area contributed by atoms with Crippen molar-refractivity contribution in [1.82, 2.24) is 15.0 Å². The predicted molar refractivity (Wildman–Crippen MR) is 165 cm³/mol. The Morgan fingerprint density at radius 1 is 0.300 bits per heavy atom. The van der Waals surface area contributed by atoms with Gasteiger partial charge in [0.2, 0.25) is 0 Å². The second-order valence-electron chi connectivity index (χ2n) is 9.73. The Morgan fingerprint density at radius 3 is 1.40 bits per heavy atom. The van der Waals surface area contributed by atoms with Crippen LogP contribution in [0.3, 0.4) is 0 Å². The smallest absolute Gasteiger partial charge is 0.164 e. The summed E-state index contributed by atoms with van der Waals surface area (Å²) in [5.41, 5.74) is 7.55. The van der Waals surface area contributed by atoms with E-state index >= 15 is 0 Å². The Morgan fingerprint density at radius 2 is 0.775 bits per heavy atom. The van der Waals surface area contributed by atoms with E-state index in [4.69, 9.17) is 15.0 Å². The summed E-state index contributed by atoms with van der Waals surface area (Å²) in [6, 6.07) is 52.3. The van der Waals surface area contributed by atoms with E-state index in [1.807, 2.05) is 66.7 Å². The van der Waals surface area contributed by atoms with Gasteiger partial charge in [-0.2, -0.15) is 0 Å². The first-order valence-corrected chi connectivity index (χ1v) is 13.4. The van der Waals surface area contributed by atoms with Crippen molar-refractivity contribution >= 4 is 10.8 Å². The van der Waals surface area contributed by atoms with Crippen LogP contribution in [0.25, 0.3) is 67.2 Å². The lowest BCUT2D eigenvalue weighted by molar-refractivity contribution is 1.08. The van der Waals surface area contributed by atoms with Crippen molar-refractivity contribution in [3.63, 3.8) is 0 Å². The third-order valence-electron chi connectivity index (χ3n) is 7.11. The second kappa shape index (κ2) is 10.4. The van der Waals surface area contributed by atoms with Crippen LogP contribution in [0.4, 0.5) is 0 Å². The van der Waals surface area contributed by atoms with Crippen molar-refractivity contribution in [3.05, 3.63) is 152 Å². The highest BCUT2D eigenvalue weighted by Gasteiger charge is 2.16. The Balaban J connectivity index is 1.45. The standard InChI is InChI=1S/C37H25N3/c1-4-13-26(14-5-1)29-20-12-21-30(23-29)32-24-31-19-10-11-22-33(31)34(25-32)37-39-35(27-15-6-2-7-16-27)38-36(40-37)28-17-8-3-9-18-28/h1-25H. The van der Waals surface area contributed by atoms with Gasteiger partial charge < -0.3 is 0 Å². The van der Waals surface area contributed by atoms with Gasteiger partial charge in [-0.05, 0) is 51.2 Å². The van der Waals surface area contributed by atoms with E-state index in [1.165, 1.54) is 11.1 Å². The van der Waals surface area contributed by atoms with Gasteiger partial charge in [-0.25, -0.2) is 15.0 Å². The van der Waals surface area contributed by atoms with Crippen LogP contribution in [-0.2, 0) is 0 Å². The molecule has 3 nitrogen and oxygen atoms in total. The summed E-state index contributed by atoms with van der Waals surface area (Å²) in [6.45, 7) is 0. The van der Waals surface area contributed by atoms with Gasteiger partial charge in [0.15, 0.2) is 17.5 Å². The number of aromatic nitrogens is 3. The van der Waals surface area contributed by atoms with Crippen LogP contribution in [0.5, 0.6) is 0 Å². The molecule has 6 aromatic carbocycles. The molecule has 0 unspecified atom stereocenters. The van der Waals surface area contributed by atoms with Crippen LogP contribution in [0.15, 0.2) is 152 Å². The molecular weight excluding hydrogens is 486 g/mol. The van der Waals surface area contributed by atoms with Crippen LogP contribution >= 0.6 is 0 Å². The average molecular weight is 512 g/mol. The van der Waals surface area contributed by atoms with Crippen LogP contribution < -0.4 is 0 Å². The van der Waals surface area contributed by atoms with E-state index in [0.717, 1.165) is 38.6 Å². The number of hydrogen-bond acceptors (Lipinski definition) is 3. The maximum Gasteiger partial charge on any atom is 0.164 e. The molecule has 1 heterocycles. The van der Waals surface area contributed by atoms with Gasteiger partial charge in [-0.1, -0.05) is 133 Å². The number of hydrogen-bond donors (Lipinski definition) is 0. The first kappa shape index (κ1) is 23.7. The van der Waals surface area contributed by atoms with E-state index in [9.17, 15) is 0 Å². The maximum atomic E-state index is 5.03. The van der Waals surface area contributed by atoms with Crippen LogP contribution in [0.1, 0.15) is 0 Å². The zero-order valence-electron chi connectivity index (χ0n) is 21.8. The molecule has 0 radical (unpaired) electrons.